The number of amides is 2. The summed E-state index contributed by atoms with van der Waals surface area (Å²) < 4.78 is 45.3. The lowest BCUT2D eigenvalue weighted by molar-refractivity contribution is -0.209. The summed E-state index contributed by atoms with van der Waals surface area (Å²) in [5.41, 5.74) is 1.16. The summed E-state index contributed by atoms with van der Waals surface area (Å²) in [6.07, 6.45) is -0.370. The van der Waals surface area contributed by atoms with Crippen molar-refractivity contribution < 1.29 is 27.5 Å². The summed E-state index contributed by atoms with van der Waals surface area (Å²) in [6.45, 7) is 7.52. The predicted octanol–water partition coefficient (Wildman–Crippen LogP) is 4.51. The smallest absolute Gasteiger partial charge is 0.371 e. The Labute approximate surface area is 217 Å². The number of thiazole rings is 1. The third-order valence-corrected chi connectivity index (χ3v) is 8.60. The van der Waals surface area contributed by atoms with Crippen molar-refractivity contribution in [2.45, 2.75) is 70.3 Å². The standard InChI is InChI=1S/C25H30F3N5O3S/c1-4-17(25(26,27)28)30-18-10-14(2)16(11-29-18)20-19(22(34)33-8-5-6-15(33)3)31-21(37-20)23(35)32-12-24(13-32)7-9-36-24/h10-11,15,17H,4-9,12-13H2,1-3H3,(H,29,30)/t15-,17-/m0/s1. The summed E-state index contributed by atoms with van der Waals surface area (Å²) >= 11 is 1.12. The minimum Gasteiger partial charge on any atom is -0.371 e. The van der Waals surface area contributed by atoms with Crippen LogP contribution in [0.2, 0.25) is 0 Å². The summed E-state index contributed by atoms with van der Waals surface area (Å²) in [7, 11) is 0. The van der Waals surface area contributed by atoms with Crippen molar-refractivity contribution >= 4 is 29.0 Å². The fraction of sp³-hybridized carbons (Fsp3) is 0.600. The SMILES string of the molecule is CC[C@H](Nc1cc(C)c(-c2sc(C(=O)N3CC4(CCO4)C3)nc2C(=O)N2CCC[C@@H]2C)cn1)C(F)(F)F. The highest BCUT2D eigenvalue weighted by Gasteiger charge is 2.51. The first-order valence-corrected chi connectivity index (χ1v) is 13.4. The van der Waals surface area contributed by atoms with E-state index in [0.717, 1.165) is 30.6 Å². The maximum absolute atomic E-state index is 13.5. The number of rotatable bonds is 6. The van der Waals surface area contributed by atoms with Gasteiger partial charge < -0.3 is 19.9 Å². The quantitative estimate of drug-likeness (QED) is 0.584. The summed E-state index contributed by atoms with van der Waals surface area (Å²) in [5, 5.41) is 2.66. The Bertz CT molecular complexity index is 1200. The lowest BCUT2D eigenvalue weighted by Gasteiger charge is -2.54. The van der Waals surface area contributed by atoms with E-state index in [0.29, 0.717) is 42.2 Å². The molecule has 8 nitrogen and oxygen atoms in total. The molecule has 2 atom stereocenters. The van der Waals surface area contributed by atoms with E-state index in [1.165, 1.54) is 19.2 Å². The molecule has 0 aliphatic carbocycles. The van der Waals surface area contributed by atoms with Crippen LogP contribution in [0, 0.1) is 6.92 Å². The molecule has 0 radical (unpaired) electrons. The maximum atomic E-state index is 13.5. The molecule has 2 aromatic heterocycles. The summed E-state index contributed by atoms with van der Waals surface area (Å²) in [4.78, 5) is 39.4. The maximum Gasteiger partial charge on any atom is 0.408 e. The van der Waals surface area contributed by atoms with Gasteiger partial charge in [-0.1, -0.05) is 6.92 Å². The van der Waals surface area contributed by atoms with Crippen molar-refractivity contribution in [3.8, 4) is 10.4 Å². The second kappa shape index (κ2) is 9.54. The first-order chi connectivity index (χ1) is 17.5. The summed E-state index contributed by atoms with van der Waals surface area (Å²) in [5.74, 6) is -0.401. The molecule has 0 saturated carbocycles. The number of aryl methyl sites for hydroxylation is 1. The molecule has 3 saturated heterocycles. The van der Waals surface area contributed by atoms with Crippen molar-refractivity contribution in [2.75, 3.05) is 31.6 Å². The molecule has 1 N–H and O–H groups in total. The Morgan fingerprint density at radius 2 is 2.05 bits per heavy atom. The van der Waals surface area contributed by atoms with Crippen molar-refractivity contribution in [1.29, 1.82) is 0 Å². The fourth-order valence-corrected chi connectivity index (χ4v) is 6.24. The number of hydrogen-bond acceptors (Lipinski definition) is 7. The highest BCUT2D eigenvalue weighted by atomic mass is 32.1. The normalized spacial score (nSPS) is 21.5. The van der Waals surface area contributed by atoms with Gasteiger partial charge >= 0.3 is 6.18 Å². The van der Waals surface area contributed by atoms with E-state index in [1.54, 1.807) is 16.7 Å². The molecule has 3 fully saturated rings. The number of nitrogens with zero attached hydrogens (tertiary/aromatic N) is 4. The van der Waals surface area contributed by atoms with E-state index in [9.17, 15) is 22.8 Å². The Morgan fingerprint density at radius 1 is 1.32 bits per heavy atom. The molecule has 0 bridgehead atoms. The van der Waals surface area contributed by atoms with Gasteiger partial charge in [-0.15, -0.1) is 11.3 Å². The minimum atomic E-state index is -4.40. The number of halogens is 3. The third kappa shape index (κ3) is 4.81. The molecule has 2 aromatic rings. The van der Waals surface area contributed by atoms with E-state index in [-0.39, 0.29) is 46.4 Å². The zero-order chi connectivity index (χ0) is 26.5. The number of aromatic nitrogens is 2. The van der Waals surface area contributed by atoms with Crippen LogP contribution >= 0.6 is 11.3 Å². The molecular formula is C25H30F3N5O3S. The van der Waals surface area contributed by atoms with Crippen molar-refractivity contribution in [2.24, 2.45) is 0 Å². The largest absolute Gasteiger partial charge is 0.408 e. The Hall–Kier alpha value is -2.73. The van der Waals surface area contributed by atoms with Crippen LogP contribution in [-0.4, -0.2) is 81.7 Å². The van der Waals surface area contributed by atoms with Crippen LogP contribution in [-0.2, 0) is 4.74 Å². The molecule has 5 rings (SSSR count). The number of alkyl halides is 3. The van der Waals surface area contributed by atoms with Gasteiger partial charge in [0.05, 0.1) is 24.6 Å². The van der Waals surface area contributed by atoms with Crippen LogP contribution in [0.15, 0.2) is 12.3 Å². The molecule has 3 aliphatic heterocycles. The van der Waals surface area contributed by atoms with Crippen LogP contribution in [0.1, 0.15) is 65.4 Å². The van der Waals surface area contributed by atoms with Crippen LogP contribution in [0.25, 0.3) is 10.4 Å². The molecule has 12 heteroatoms. The van der Waals surface area contributed by atoms with E-state index >= 15 is 0 Å². The Kier molecular flexibility index (Phi) is 6.68. The van der Waals surface area contributed by atoms with Gasteiger partial charge in [0.1, 0.15) is 23.2 Å². The Morgan fingerprint density at radius 3 is 2.59 bits per heavy atom. The van der Waals surface area contributed by atoms with Crippen molar-refractivity contribution in [3.05, 3.63) is 28.5 Å². The predicted molar refractivity (Wildman–Crippen MR) is 133 cm³/mol. The molecule has 0 aromatic carbocycles. The van der Waals surface area contributed by atoms with Gasteiger partial charge in [0.2, 0.25) is 0 Å². The monoisotopic (exact) mass is 537 g/mol. The average molecular weight is 538 g/mol. The van der Waals surface area contributed by atoms with E-state index in [1.807, 2.05) is 6.92 Å². The second-order valence-corrected chi connectivity index (χ2v) is 11.2. The van der Waals surface area contributed by atoms with Gasteiger partial charge in [0, 0.05) is 30.8 Å². The average Bonchev–Trinajstić information content (AvgIpc) is 3.41. The zero-order valence-electron chi connectivity index (χ0n) is 21.0. The van der Waals surface area contributed by atoms with Crippen LogP contribution in [0.5, 0.6) is 0 Å². The number of anilines is 1. The van der Waals surface area contributed by atoms with E-state index < -0.39 is 12.2 Å². The molecule has 3 aliphatic rings. The van der Waals surface area contributed by atoms with E-state index in [4.69, 9.17) is 4.74 Å². The highest BCUT2D eigenvalue weighted by Crippen LogP contribution is 2.39. The number of ether oxygens (including phenoxy) is 1. The van der Waals surface area contributed by atoms with Crippen LogP contribution in [0.3, 0.4) is 0 Å². The molecule has 1 spiro atoms. The molecule has 0 unspecified atom stereocenters. The van der Waals surface area contributed by atoms with E-state index in [2.05, 4.69) is 15.3 Å². The first kappa shape index (κ1) is 25.9. The lowest BCUT2D eigenvalue weighted by Crippen LogP contribution is -2.69. The minimum absolute atomic E-state index is 0.0614. The van der Waals surface area contributed by atoms with Crippen molar-refractivity contribution in [3.63, 3.8) is 0 Å². The summed E-state index contributed by atoms with van der Waals surface area (Å²) in [6, 6.07) is -0.123. The van der Waals surface area contributed by atoms with Gasteiger partial charge in [-0.25, -0.2) is 9.97 Å². The number of carbonyl (C=O) groups excluding carboxylic acids is 2. The van der Waals surface area contributed by atoms with Crippen molar-refractivity contribution in [1.82, 2.24) is 19.8 Å². The second-order valence-electron chi connectivity index (χ2n) is 10.2. The number of likely N-dealkylation sites (tertiary alicyclic amines) is 2. The molecule has 200 valence electrons. The number of carbonyl (C=O) groups is 2. The number of hydrogen-bond donors (Lipinski definition) is 1. The number of nitrogens with one attached hydrogen (secondary N) is 1. The van der Waals surface area contributed by atoms with Gasteiger partial charge in [0.25, 0.3) is 11.8 Å². The van der Waals surface area contributed by atoms with Gasteiger partial charge in [-0.05, 0) is 44.7 Å². The van der Waals surface area contributed by atoms with Gasteiger partial charge in [-0.3, -0.25) is 9.59 Å². The first-order valence-electron chi connectivity index (χ1n) is 12.6. The van der Waals surface area contributed by atoms with Gasteiger partial charge in [-0.2, -0.15) is 13.2 Å². The third-order valence-electron chi connectivity index (χ3n) is 7.52. The highest BCUT2D eigenvalue weighted by molar-refractivity contribution is 7.17. The topological polar surface area (TPSA) is 87.7 Å². The molecule has 5 heterocycles. The Balaban J connectivity index is 1.46. The van der Waals surface area contributed by atoms with Crippen LogP contribution < -0.4 is 5.32 Å². The zero-order valence-corrected chi connectivity index (χ0v) is 21.8. The fourth-order valence-electron chi connectivity index (χ4n) is 5.14. The molecule has 37 heavy (non-hydrogen) atoms. The number of pyridine rings is 1. The van der Waals surface area contributed by atoms with Gasteiger partial charge in [0.15, 0.2) is 5.01 Å². The van der Waals surface area contributed by atoms with Crippen LogP contribution in [0.4, 0.5) is 19.0 Å². The molecule has 2 amide bonds. The molecular weight excluding hydrogens is 507 g/mol. The lowest BCUT2D eigenvalue weighted by atomic mass is 9.86.